The summed E-state index contributed by atoms with van der Waals surface area (Å²) in [5.74, 6) is -0.202. The van der Waals surface area contributed by atoms with E-state index in [1.165, 1.54) is 11.3 Å². The van der Waals surface area contributed by atoms with E-state index in [1.807, 2.05) is 25.1 Å². The van der Waals surface area contributed by atoms with Gasteiger partial charge in [0, 0.05) is 12.2 Å². The zero-order valence-electron chi connectivity index (χ0n) is 12.6. The largest absolute Gasteiger partial charge is 0.360 e. The molecule has 0 aliphatic heterocycles. The van der Waals surface area contributed by atoms with Crippen LogP contribution in [0.25, 0.3) is 0 Å². The van der Waals surface area contributed by atoms with Crippen molar-refractivity contribution >= 4 is 28.1 Å². The Morgan fingerprint density at radius 2 is 1.81 bits per heavy atom. The maximum absolute atomic E-state index is 12.3. The average Bonchev–Trinajstić information content (AvgIpc) is 2.96. The maximum atomic E-state index is 12.3. The predicted octanol–water partition coefficient (Wildman–Crippen LogP) is 3.35. The molecule has 21 heavy (non-hydrogen) atoms. The molecule has 0 unspecified atom stereocenters. The van der Waals surface area contributed by atoms with Gasteiger partial charge in [-0.25, -0.2) is 0 Å². The van der Waals surface area contributed by atoms with Crippen molar-refractivity contribution in [3.8, 4) is 0 Å². The number of anilines is 2. The van der Waals surface area contributed by atoms with Crippen molar-refractivity contribution in [3.63, 3.8) is 0 Å². The molecule has 6 heteroatoms. The second-order valence-electron chi connectivity index (χ2n) is 4.56. The van der Waals surface area contributed by atoms with E-state index >= 15 is 0 Å². The zero-order valence-corrected chi connectivity index (χ0v) is 13.4. The molecule has 0 saturated heterocycles. The first-order chi connectivity index (χ1) is 10.2. The van der Waals surface area contributed by atoms with Gasteiger partial charge in [-0.3, -0.25) is 4.79 Å². The molecular weight excluding hydrogens is 284 g/mol. The van der Waals surface area contributed by atoms with Crippen molar-refractivity contribution in [2.24, 2.45) is 0 Å². The molecule has 0 aliphatic rings. The predicted molar refractivity (Wildman–Crippen MR) is 87.2 cm³/mol. The molecule has 112 valence electrons. The summed E-state index contributed by atoms with van der Waals surface area (Å²) in [6, 6.07) is 6.11. The summed E-state index contributed by atoms with van der Waals surface area (Å²) in [5, 5.41) is 15.0. The Morgan fingerprint density at radius 1 is 1.14 bits per heavy atom. The highest BCUT2D eigenvalue weighted by Gasteiger charge is 2.15. The number of para-hydroxylation sites is 1. The van der Waals surface area contributed by atoms with E-state index < -0.39 is 0 Å². The summed E-state index contributed by atoms with van der Waals surface area (Å²) in [6.45, 7) is 6.90. The SMILES string of the molecule is CCNc1nnc(C(=O)Nc2c(CC)cccc2CC)s1. The van der Waals surface area contributed by atoms with Crippen LogP contribution in [0.3, 0.4) is 0 Å². The van der Waals surface area contributed by atoms with Crippen molar-refractivity contribution in [2.45, 2.75) is 33.6 Å². The lowest BCUT2D eigenvalue weighted by atomic mass is 10.0. The van der Waals surface area contributed by atoms with Crippen LogP contribution in [0, 0.1) is 0 Å². The third-order valence-corrected chi connectivity index (χ3v) is 4.06. The first-order valence-corrected chi connectivity index (χ1v) is 8.00. The van der Waals surface area contributed by atoms with Gasteiger partial charge in [-0.2, -0.15) is 0 Å². The molecule has 1 amide bonds. The van der Waals surface area contributed by atoms with E-state index in [9.17, 15) is 4.79 Å². The number of hydrogen-bond donors (Lipinski definition) is 2. The van der Waals surface area contributed by atoms with Crippen LogP contribution in [0.4, 0.5) is 10.8 Å². The summed E-state index contributed by atoms with van der Waals surface area (Å²) < 4.78 is 0. The van der Waals surface area contributed by atoms with E-state index in [1.54, 1.807) is 0 Å². The highest BCUT2D eigenvalue weighted by atomic mass is 32.1. The third kappa shape index (κ3) is 3.58. The van der Waals surface area contributed by atoms with Crippen LogP contribution in [0.1, 0.15) is 41.7 Å². The topological polar surface area (TPSA) is 66.9 Å². The summed E-state index contributed by atoms with van der Waals surface area (Å²) in [4.78, 5) is 12.3. The number of hydrogen-bond acceptors (Lipinski definition) is 5. The summed E-state index contributed by atoms with van der Waals surface area (Å²) in [6.07, 6.45) is 1.75. The van der Waals surface area contributed by atoms with E-state index in [-0.39, 0.29) is 5.91 Å². The van der Waals surface area contributed by atoms with Crippen LogP contribution in [0.15, 0.2) is 18.2 Å². The molecule has 0 radical (unpaired) electrons. The molecule has 1 heterocycles. The van der Waals surface area contributed by atoms with Gasteiger partial charge < -0.3 is 10.6 Å². The number of carbonyl (C=O) groups excluding carboxylic acids is 1. The number of amides is 1. The standard InChI is InChI=1S/C15H20N4OS/c1-4-10-8-7-9-11(5-2)12(10)17-13(20)14-18-19-15(21-14)16-6-3/h7-9H,4-6H2,1-3H3,(H,16,19)(H,17,20). The fourth-order valence-electron chi connectivity index (χ4n) is 2.11. The van der Waals surface area contributed by atoms with Crippen molar-refractivity contribution in [2.75, 3.05) is 17.2 Å². The van der Waals surface area contributed by atoms with Crippen LogP contribution in [-0.4, -0.2) is 22.6 Å². The number of benzene rings is 1. The monoisotopic (exact) mass is 304 g/mol. The van der Waals surface area contributed by atoms with Crippen molar-refractivity contribution in [3.05, 3.63) is 34.3 Å². The summed E-state index contributed by atoms with van der Waals surface area (Å²) >= 11 is 1.27. The number of carbonyl (C=O) groups is 1. The Labute approximate surface area is 128 Å². The number of aryl methyl sites for hydroxylation is 2. The fourth-order valence-corrected chi connectivity index (χ4v) is 2.81. The van der Waals surface area contributed by atoms with Gasteiger partial charge in [-0.1, -0.05) is 43.4 Å². The van der Waals surface area contributed by atoms with Crippen LogP contribution in [0.5, 0.6) is 0 Å². The smallest absolute Gasteiger partial charge is 0.286 e. The van der Waals surface area contributed by atoms with E-state index in [0.29, 0.717) is 10.1 Å². The minimum absolute atomic E-state index is 0.202. The molecule has 0 aliphatic carbocycles. The highest BCUT2D eigenvalue weighted by Crippen LogP contribution is 2.24. The van der Waals surface area contributed by atoms with Gasteiger partial charge in [0.1, 0.15) is 0 Å². The van der Waals surface area contributed by atoms with Crippen molar-refractivity contribution in [1.29, 1.82) is 0 Å². The first kappa shape index (κ1) is 15.4. The second-order valence-corrected chi connectivity index (χ2v) is 5.53. The van der Waals surface area contributed by atoms with Gasteiger partial charge in [0.15, 0.2) is 0 Å². The second kappa shape index (κ2) is 7.17. The van der Waals surface area contributed by atoms with E-state index in [0.717, 1.165) is 36.2 Å². The Morgan fingerprint density at radius 3 is 2.38 bits per heavy atom. The van der Waals surface area contributed by atoms with Crippen LogP contribution < -0.4 is 10.6 Å². The minimum atomic E-state index is -0.202. The molecule has 2 N–H and O–H groups in total. The van der Waals surface area contributed by atoms with Crippen molar-refractivity contribution in [1.82, 2.24) is 10.2 Å². The summed E-state index contributed by atoms with van der Waals surface area (Å²) in [5.41, 5.74) is 3.19. The Bertz CT molecular complexity index is 602. The Kier molecular flexibility index (Phi) is 5.27. The molecule has 0 bridgehead atoms. The molecule has 0 atom stereocenters. The zero-order chi connectivity index (χ0) is 15.2. The minimum Gasteiger partial charge on any atom is -0.360 e. The lowest BCUT2D eigenvalue weighted by molar-refractivity contribution is 0.102. The first-order valence-electron chi connectivity index (χ1n) is 7.19. The van der Waals surface area contributed by atoms with Crippen LogP contribution >= 0.6 is 11.3 Å². The molecule has 5 nitrogen and oxygen atoms in total. The van der Waals surface area contributed by atoms with E-state index in [4.69, 9.17) is 0 Å². The highest BCUT2D eigenvalue weighted by molar-refractivity contribution is 7.17. The van der Waals surface area contributed by atoms with Gasteiger partial charge >= 0.3 is 0 Å². The number of rotatable bonds is 6. The number of aromatic nitrogens is 2. The lowest BCUT2D eigenvalue weighted by Crippen LogP contribution is -2.14. The summed E-state index contributed by atoms with van der Waals surface area (Å²) in [7, 11) is 0. The van der Waals surface area contributed by atoms with Gasteiger partial charge in [0.05, 0.1) is 0 Å². The van der Waals surface area contributed by atoms with Crippen LogP contribution in [-0.2, 0) is 12.8 Å². The Balaban J connectivity index is 2.22. The van der Waals surface area contributed by atoms with Gasteiger partial charge in [0.2, 0.25) is 10.1 Å². The molecule has 0 fully saturated rings. The van der Waals surface area contributed by atoms with Crippen LogP contribution in [0.2, 0.25) is 0 Å². The molecule has 2 aromatic rings. The van der Waals surface area contributed by atoms with E-state index in [2.05, 4.69) is 34.7 Å². The third-order valence-electron chi connectivity index (χ3n) is 3.18. The number of nitrogens with one attached hydrogen (secondary N) is 2. The van der Waals surface area contributed by atoms with Gasteiger partial charge in [0.25, 0.3) is 5.91 Å². The van der Waals surface area contributed by atoms with Gasteiger partial charge in [-0.15, -0.1) is 10.2 Å². The fraction of sp³-hybridized carbons (Fsp3) is 0.400. The molecular formula is C15H20N4OS. The lowest BCUT2D eigenvalue weighted by Gasteiger charge is -2.13. The molecule has 2 rings (SSSR count). The Hall–Kier alpha value is -1.95. The number of nitrogens with zero attached hydrogens (tertiary/aromatic N) is 2. The molecule has 1 aromatic heterocycles. The van der Waals surface area contributed by atoms with Crippen molar-refractivity contribution < 1.29 is 4.79 Å². The molecule has 1 aromatic carbocycles. The molecule has 0 spiro atoms. The average molecular weight is 304 g/mol. The van der Waals surface area contributed by atoms with Gasteiger partial charge in [-0.05, 0) is 30.9 Å². The molecule has 0 saturated carbocycles. The maximum Gasteiger partial charge on any atom is 0.286 e. The normalized spacial score (nSPS) is 10.4. The quantitative estimate of drug-likeness (QED) is 0.859.